The van der Waals surface area contributed by atoms with Gasteiger partial charge in [-0.3, -0.25) is 15.0 Å². The maximum Gasteiger partial charge on any atom is 0.141 e. The van der Waals surface area contributed by atoms with Crippen molar-refractivity contribution in [1.82, 2.24) is 4.90 Å². The molecule has 1 aliphatic rings. The molecule has 6 heteroatoms. The van der Waals surface area contributed by atoms with Crippen molar-refractivity contribution in [2.45, 2.75) is 0 Å². The maximum absolute atomic E-state index is 5.32. The van der Waals surface area contributed by atoms with Gasteiger partial charge in [-0.15, -0.1) is 0 Å². The molecule has 0 atom stereocenters. The van der Waals surface area contributed by atoms with Gasteiger partial charge < -0.3 is 10.6 Å². The largest absolute Gasteiger partial charge is 0.390 e. The van der Waals surface area contributed by atoms with Crippen LogP contribution in [0.2, 0.25) is 0 Å². The first kappa shape index (κ1) is 13.1. The minimum Gasteiger partial charge on any atom is -0.390 e. The summed E-state index contributed by atoms with van der Waals surface area (Å²) in [7, 11) is 3.47. The summed E-state index contributed by atoms with van der Waals surface area (Å²) in [4.78, 5) is 18.5. The summed E-state index contributed by atoms with van der Waals surface area (Å²) >= 11 is 0. The number of nitrogens with zero attached hydrogens (tertiary/aromatic N) is 5. The molecule has 0 radical (unpaired) electrons. The van der Waals surface area contributed by atoms with E-state index in [1.165, 1.54) is 6.34 Å². The van der Waals surface area contributed by atoms with Gasteiger partial charge in [0.25, 0.3) is 0 Å². The fraction of sp³-hybridized carbons (Fsp3) is 0.455. The van der Waals surface area contributed by atoms with Crippen LogP contribution in [0.25, 0.3) is 0 Å². The Hall–Kier alpha value is -1.98. The molecular weight excluding hydrogens is 216 g/mol. The first-order valence-electron chi connectivity index (χ1n) is 5.39. The Bertz CT molecular complexity index is 377. The van der Waals surface area contributed by atoms with Gasteiger partial charge in [0.1, 0.15) is 5.84 Å². The minimum absolute atomic E-state index is 0.651. The van der Waals surface area contributed by atoms with Crippen molar-refractivity contribution in [2.24, 2.45) is 25.7 Å². The lowest BCUT2D eigenvalue weighted by Gasteiger charge is -2.25. The van der Waals surface area contributed by atoms with E-state index in [4.69, 9.17) is 5.73 Å². The lowest BCUT2D eigenvalue weighted by Crippen LogP contribution is -2.38. The SMILES string of the molecule is CN=CC=C(CN1CCN=CC1=NC)N=CN. The van der Waals surface area contributed by atoms with Gasteiger partial charge in [0, 0.05) is 26.9 Å². The maximum atomic E-state index is 5.32. The third kappa shape index (κ3) is 4.18. The predicted molar refractivity (Wildman–Crippen MR) is 73.5 cm³/mol. The molecule has 1 rings (SSSR count). The van der Waals surface area contributed by atoms with Crippen LogP contribution in [0.4, 0.5) is 0 Å². The molecular formula is C11H18N6. The van der Waals surface area contributed by atoms with E-state index in [9.17, 15) is 0 Å². The van der Waals surface area contributed by atoms with Crippen molar-refractivity contribution in [3.05, 3.63) is 11.8 Å². The van der Waals surface area contributed by atoms with Crippen LogP contribution < -0.4 is 5.73 Å². The number of amidine groups is 1. The highest BCUT2D eigenvalue weighted by molar-refractivity contribution is 6.29. The van der Waals surface area contributed by atoms with Crippen molar-refractivity contribution in [3.63, 3.8) is 0 Å². The molecule has 92 valence electrons. The predicted octanol–water partition coefficient (Wildman–Crippen LogP) is -0.0274. The summed E-state index contributed by atoms with van der Waals surface area (Å²) < 4.78 is 0. The van der Waals surface area contributed by atoms with Crippen LogP contribution in [0.3, 0.4) is 0 Å². The second-order valence-corrected chi connectivity index (χ2v) is 3.38. The van der Waals surface area contributed by atoms with Gasteiger partial charge in [0.15, 0.2) is 0 Å². The van der Waals surface area contributed by atoms with Gasteiger partial charge in [-0.2, -0.15) is 0 Å². The number of rotatable bonds is 4. The fourth-order valence-corrected chi connectivity index (χ4v) is 1.47. The van der Waals surface area contributed by atoms with Gasteiger partial charge >= 0.3 is 0 Å². The molecule has 0 unspecified atom stereocenters. The lowest BCUT2D eigenvalue weighted by atomic mass is 10.3. The molecule has 17 heavy (non-hydrogen) atoms. The van der Waals surface area contributed by atoms with Gasteiger partial charge in [0.05, 0.1) is 31.3 Å². The van der Waals surface area contributed by atoms with E-state index < -0.39 is 0 Å². The molecule has 0 amide bonds. The van der Waals surface area contributed by atoms with Crippen molar-refractivity contribution in [1.29, 1.82) is 0 Å². The summed E-state index contributed by atoms with van der Waals surface area (Å²) in [6.45, 7) is 2.27. The highest BCUT2D eigenvalue weighted by atomic mass is 15.2. The molecule has 0 spiro atoms. The van der Waals surface area contributed by atoms with E-state index in [1.54, 1.807) is 26.5 Å². The van der Waals surface area contributed by atoms with Gasteiger partial charge in [-0.1, -0.05) is 0 Å². The summed E-state index contributed by atoms with van der Waals surface area (Å²) in [5.41, 5.74) is 6.16. The van der Waals surface area contributed by atoms with Crippen LogP contribution in [0.15, 0.2) is 31.7 Å². The van der Waals surface area contributed by atoms with Crippen molar-refractivity contribution in [2.75, 3.05) is 33.7 Å². The second kappa shape index (κ2) is 7.32. The van der Waals surface area contributed by atoms with E-state index in [2.05, 4.69) is 24.9 Å². The number of hydrogen-bond donors (Lipinski definition) is 1. The molecule has 0 bridgehead atoms. The number of allylic oxidation sites excluding steroid dienone is 1. The first-order valence-corrected chi connectivity index (χ1v) is 5.39. The van der Waals surface area contributed by atoms with Crippen LogP contribution in [-0.4, -0.2) is 63.2 Å². The van der Waals surface area contributed by atoms with Gasteiger partial charge in [-0.05, 0) is 6.08 Å². The molecule has 0 fully saturated rings. The van der Waals surface area contributed by atoms with Crippen molar-refractivity contribution in [3.8, 4) is 0 Å². The smallest absolute Gasteiger partial charge is 0.141 e. The number of hydrogen-bond acceptors (Lipinski definition) is 4. The molecule has 2 N–H and O–H groups in total. The van der Waals surface area contributed by atoms with Gasteiger partial charge in [0.2, 0.25) is 0 Å². The highest BCUT2D eigenvalue weighted by Gasteiger charge is 2.13. The monoisotopic (exact) mass is 234 g/mol. The standard InChI is InChI=1S/C11H18N6/c1-13-4-3-10(16-9-12)8-17-6-5-15-7-11(17)14-2/h3-4,7,9H,5-6,8H2,1-2H3,(H2,12,16). The van der Waals surface area contributed by atoms with E-state index in [0.29, 0.717) is 6.54 Å². The average Bonchev–Trinajstić information content (AvgIpc) is 2.37. The van der Waals surface area contributed by atoms with E-state index in [0.717, 1.165) is 24.6 Å². The van der Waals surface area contributed by atoms with Gasteiger partial charge in [-0.25, -0.2) is 4.99 Å². The van der Waals surface area contributed by atoms with Crippen LogP contribution in [0.5, 0.6) is 0 Å². The third-order valence-electron chi connectivity index (χ3n) is 2.27. The Labute approximate surface area is 101 Å². The Morgan fingerprint density at radius 3 is 3.06 bits per heavy atom. The molecule has 0 saturated carbocycles. The van der Waals surface area contributed by atoms with Crippen molar-refractivity contribution >= 4 is 24.6 Å². The van der Waals surface area contributed by atoms with Crippen LogP contribution >= 0.6 is 0 Å². The van der Waals surface area contributed by atoms with Crippen molar-refractivity contribution < 1.29 is 0 Å². The van der Waals surface area contributed by atoms with E-state index in [1.807, 2.05) is 6.08 Å². The van der Waals surface area contributed by atoms with Crippen LogP contribution in [0.1, 0.15) is 0 Å². The van der Waals surface area contributed by atoms with E-state index in [-0.39, 0.29) is 0 Å². The van der Waals surface area contributed by atoms with Crippen LogP contribution in [-0.2, 0) is 0 Å². The zero-order valence-electron chi connectivity index (χ0n) is 10.2. The zero-order chi connectivity index (χ0) is 12.5. The molecule has 6 nitrogen and oxygen atoms in total. The fourth-order valence-electron chi connectivity index (χ4n) is 1.47. The summed E-state index contributed by atoms with van der Waals surface area (Å²) in [5, 5.41) is 0. The average molecular weight is 234 g/mol. The second-order valence-electron chi connectivity index (χ2n) is 3.38. The topological polar surface area (TPSA) is 78.7 Å². The number of nitrogens with two attached hydrogens (primary N) is 1. The molecule has 0 saturated heterocycles. The highest BCUT2D eigenvalue weighted by Crippen LogP contribution is 2.04. The summed E-state index contributed by atoms with van der Waals surface area (Å²) in [6, 6.07) is 0. The Kier molecular flexibility index (Phi) is 5.63. The molecule has 0 aromatic carbocycles. The Morgan fingerprint density at radius 2 is 2.41 bits per heavy atom. The molecule has 1 heterocycles. The lowest BCUT2D eigenvalue weighted by molar-refractivity contribution is 0.459. The number of aliphatic imine (C=N–C) groups is 4. The quantitative estimate of drug-likeness (QED) is 0.547. The minimum atomic E-state index is 0.651. The Balaban J connectivity index is 2.76. The zero-order valence-corrected chi connectivity index (χ0v) is 10.2. The molecule has 0 aromatic heterocycles. The normalized spacial score (nSPS) is 20.0. The molecule has 0 aromatic rings. The third-order valence-corrected chi connectivity index (χ3v) is 2.27. The first-order chi connectivity index (χ1) is 8.31. The Morgan fingerprint density at radius 1 is 1.59 bits per heavy atom. The van der Waals surface area contributed by atoms with E-state index >= 15 is 0 Å². The summed E-state index contributed by atoms with van der Waals surface area (Å²) in [5.74, 6) is 0.864. The molecule has 0 aliphatic carbocycles. The summed E-state index contributed by atoms with van der Waals surface area (Å²) in [6.07, 6.45) is 6.60. The molecule has 1 aliphatic heterocycles. The van der Waals surface area contributed by atoms with Crippen LogP contribution in [0, 0.1) is 0 Å².